The summed E-state index contributed by atoms with van der Waals surface area (Å²) in [6.45, 7) is 8.34. The van der Waals surface area contributed by atoms with E-state index in [0.717, 1.165) is 11.1 Å². The first-order valence-electron chi connectivity index (χ1n) is 10.6. The van der Waals surface area contributed by atoms with E-state index in [9.17, 15) is 18.3 Å². The highest BCUT2D eigenvalue weighted by Crippen LogP contribution is 2.33. The minimum Gasteiger partial charge on any atom is -0.465 e. The maximum Gasteiger partial charge on any atom is 0.407 e. The molecule has 0 aliphatic carbocycles. The van der Waals surface area contributed by atoms with Gasteiger partial charge in [0.2, 0.25) is 0 Å². The van der Waals surface area contributed by atoms with Crippen LogP contribution in [0.1, 0.15) is 38.8 Å². The van der Waals surface area contributed by atoms with Crippen molar-refractivity contribution in [3.63, 3.8) is 0 Å². The van der Waals surface area contributed by atoms with E-state index in [1.54, 1.807) is 36.5 Å². The molecule has 0 unspecified atom stereocenters. The van der Waals surface area contributed by atoms with Gasteiger partial charge in [-0.25, -0.2) is 17.2 Å². The van der Waals surface area contributed by atoms with Crippen molar-refractivity contribution in [2.75, 3.05) is 6.54 Å². The van der Waals surface area contributed by atoms with Crippen LogP contribution in [0.3, 0.4) is 0 Å². The topological polar surface area (TPSA) is 79.6 Å². The van der Waals surface area contributed by atoms with Crippen LogP contribution in [0.5, 0.6) is 0 Å². The molecule has 170 valence electrons. The van der Waals surface area contributed by atoms with E-state index in [4.69, 9.17) is 0 Å². The first kappa shape index (κ1) is 23.6. The molecule has 3 aromatic rings. The molecule has 0 aliphatic heterocycles. The lowest BCUT2D eigenvalue weighted by atomic mass is 9.95. The minimum atomic E-state index is -3.87. The molecule has 0 aliphatic rings. The van der Waals surface area contributed by atoms with Crippen molar-refractivity contribution in [1.29, 1.82) is 0 Å². The highest BCUT2D eigenvalue weighted by Gasteiger charge is 2.28. The average Bonchev–Trinajstić information content (AvgIpc) is 3.12. The van der Waals surface area contributed by atoms with Gasteiger partial charge in [-0.2, -0.15) is 0 Å². The fraction of sp³-hybridized carbons (Fsp3) is 0.320. The lowest BCUT2D eigenvalue weighted by Gasteiger charge is -2.27. The number of carboxylic acid groups (broad SMARTS) is 1. The molecule has 0 bridgehead atoms. The predicted molar refractivity (Wildman–Crippen MR) is 126 cm³/mol. The number of hydrogen-bond donors (Lipinski definition) is 1. The molecule has 3 rings (SSSR count). The lowest BCUT2D eigenvalue weighted by molar-refractivity contribution is 0.122. The predicted octanol–water partition coefficient (Wildman–Crippen LogP) is 5.48. The Balaban J connectivity index is 2.21. The molecule has 32 heavy (non-hydrogen) atoms. The van der Waals surface area contributed by atoms with Crippen LogP contribution in [0.25, 0.3) is 11.3 Å². The molecule has 1 aromatic heterocycles. The molecule has 0 saturated heterocycles. The van der Waals surface area contributed by atoms with Gasteiger partial charge in [0.15, 0.2) is 0 Å². The Morgan fingerprint density at radius 2 is 1.56 bits per heavy atom. The van der Waals surface area contributed by atoms with Crippen LogP contribution < -0.4 is 0 Å². The van der Waals surface area contributed by atoms with Gasteiger partial charge in [-0.3, -0.25) is 0 Å². The molecule has 1 amide bonds. The summed E-state index contributed by atoms with van der Waals surface area (Å²) in [7, 11) is -3.87. The van der Waals surface area contributed by atoms with Gasteiger partial charge in [0, 0.05) is 12.7 Å². The SMILES string of the molecule is CCc1c(CN(CC(C)(C)C)C(=O)O)cn(S(=O)(=O)c2ccccc2)c1-c1ccccc1. The third-order valence-electron chi connectivity index (χ3n) is 5.16. The summed E-state index contributed by atoms with van der Waals surface area (Å²) < 4.78 is 28.5. The number of carbonyl (C=O) groups is 1. The fourth-order valence-corrected chi connectivity index (χ4v) is 5.31. The molecule has 2 aromatic carbocycles. The maximum absolute atomic E-state index is 13.6. The van der Waals surface area contributed by atoms with Crippen LogP contribution >= 0.6 is 0 Å². The molecular weight excluding hydrogens is 424 g/mol. The average molecular weight is 455 g/mol. The Labute approximate surface area is 190 Å². The molecule has 0 saturated carbocycles. The maximum atomic E-state index is 13.6. The summed E-state index contributed by atoms with van der Waals surface area (Å²) in [5.74, 6) is 0. The fourth-order valence-electron chi connectivity index (χ4n) is 3.86. The van der Waals surface area contributed by atoms with Gasteiger partial charge in [-0.1, -0.05) is 76.2 Å². The molecule has 0 radical (unpaired) electrons. The number of hydrogen-bond acceptors (Lipinski definition) is 3. The van der Waals surface area contributed by atoms with Crippen molar-refractivity contribution in [3.8, 4) is 11.3 Å². The Hall–Kier alpha value is -3.06. The molecule has 6 nitrogen and oxygen atoms in total. The number of rotatable bonds is 7. The van der Waals surface area contributed by atoms with Crippen molar-refractivity contribution in [2.45, 2.75) is 45.6 Å². The normalized spacial score (nSPS) is 12.0. The molecular formula is C25H30N2O4S. The molecule has 7 heteroatoms. The second-order valence-electron chi connectivity index (χ2n) is 9.01. The van der Waals surface area contributed by atoms with Gasteiger partial charge in [-0.05, 0) is 40.7 Å². The molecule has 0 spiro atoms. The van der Waals surface area contributed by atoms with Gasteiger partial charge < -0.3 is 10.0 Å². The van der Waals surface area contributed by atoms with Gasteiger partial charge in [0.25, 0.3) is 10.0 Å². The molecule has 1 heterocycles. The van der Waals surface area contributed by atoms with Crippen molar-refractivity contribution in [3.05, 3.63) is 78.0 Å². The summed E-state index contributed by atoms with van der Waals surface area (Å²) >= 11 is 0. The Kier molecular flexibility index (Phi) is 6.79. The Morgan fingerprint density at radius 1 is 1.00 bits per heavy atom. The first-order chi connectivity index (χ1) is 15.0. The number of nitrogens with zero attached hydrogens (tertiary/aromatic N) is 2. The summed E-state index contributed by atoms with van der Waals surface area (Å²) in [4.78, 5) is 13.5. The molecule has 0 atom stereocenters. The zero-order valence-corrected chi connectivity index (χ0v) is 19.8. The zero-order chi connectivity index (χ0) is 23.5. The van der Waals surface area contributed by atoms with E-state index < -0.39 is 16.1 Å². The Bertz CT molecular complexity index is 1180. The Morgan fingerprint density at radius 3 is 2.06 bits per heavy atom. The van der Waals surface area contributed by atoms with Gasteiger partial charge in [-0.15, -0.1) is 0 Å². The lowest BCUT2D eigenvalue weighted by Crippen LogP contribution is -2.36. The van der Waals surface area contributed by atoms with Crippen LogP contribution in [0, 0.1) is 5.41 Å². The van der Waals surface area contributed by atoms with Crippen molar-refractivity contribution in [2.24, 2.45) is 5.41 Å². The summed E-state index contributed by atoms with van der Waals surface area (Å²) in [6, 6.07) is 17.6. The van der Waals surface area contributed by atoms with E-state index >= 15 is 0 Å². The van der Waals surface area contributed by atoms with Crippen LogP contribution in [0.15, 0.2) is 71.8 Å². The first-order valence-corrected chi connectivity index (χ1v) is 12.1. The summed E-state index contributed by atoms with van der Waals surface area (Å²) in [5, 5.41) is 9.79. The summed E-state index contributed by atoms with van der Waals surface area (Å²) in [5.41, 5.74) is 2.64. The van der Waals surface area contributed by atoms with Crippen molar-refractivity contribution < 1.29 is 18.3 Å². The van der Waals surface area contributed by atoms with E-state index in [1.807, 2.05) is 58.0 Å². The minimum absolute atomic E-state index is 0.118. The smallest absolute Gasteiger partial charge is 0.407 e. The van der Waals surface area contributed by atoms with E-state index in [2.05, 4.69) is 0 Å². The monoisotopic (exact) mass is 454 g/mol. The number of amides is 1. The van der Waals surface area contributed by atoms with E-state index in [0.29, 0.717) is 24.2 Å². The van der Waals surface area contributed by atoms with Gasteiger partial charge >= 0.3 is 6.09 Å². The van der Waals surface area contributed by atoms with E-state index in [-0.39, 0.29) is 16.9 Å². The summed E-state index contributed by atoms with van der Waals surface area (Å²) in [6.07, 6.45) is 1.13. The quantitative estimate of drug-likeness (QED) is 0.513. The second kappa shape index (κ2) is 9.20. The van der Waals surface area contributed by atoms with Crippen LogP contribution in [0.2, 0.25) is 0 Å². The van der Waals surface area contributed by atoms with Crippen LogP contribution in [-0.2, 0) is 23.0 Å². The third kappa shape index (κ3) is 5.05. The van der Waals surface area contributed by atoms with Crippen LogP contribution in [0.4, 0.5) is 4.79 Å². The highest BCUT2D eigenvalue weighted by molar-refractivity contribution is 7.90. The van der Waals surface area contributed by atoms with Crippen molar-refractivity contribution in [1.82, 2.24) is 8.87 Å². The highest BCUT2D eigenvalue weighted by atomic mass is 32.2. The third-order valence-corrected chi connectivity index (χ3v) is 6.84. The second-order valence-corrected chi connectivity index (χ2v) is 10.8. The largest absolute Gasteiger partial charge is 0.465 e. The molecule has 1 N–H and O–H groups in total. The van der Waals surface area contributed by atoms with Gasteiger partial charge in [0.1, 0.15) is 0 Å². The van der Waals surface area contributed by atoms with E-state index in [1.165, 1.54) is 8.87 Å². The zero-order valence-electron chi connectivity index (χ0n) is 18.9. The standard InChI is InChI=1S/C25H30N2O4S/c1-5-22-20(16-26(24(28)29)18-25(2,3)4)17-27(23(22)19-12-8-6-9-13-19)32(30,31)21-14-10-7-11-15-21/h6-15,17H,5,16,18H2,1-4H3,(H,28,29). The van der Waals surface area contributed by atoms with Crippen LogP contribution in [-0.4, -0.2) is 35.0 Å². The van der Waals surface area contributed by atoms with Crippen molar-refractivity contribution >= 4 is 16.1 Å². The molecule has 0 fully saturated rings. The number of benzene rings is 2. The number of aromatic nitrogens is 1. The van der Waals surface area contributed by atoms with Gasteiger partial charge in [0.05, 0.1) is 17.1 Å².